The number of ether oxygens (including phenoxy) is 1. The summed E-state index contributed by atoms with van der Waals surface area (Å²) in [5.41, 5.74) is -2.76. The normalized spacial score (nSPS) is 22.5. The number of nitrogens with zero attached hydrogens (tertiary/aromatic N) is 1. The number of carbonyl (C=O) groups excluding carboxylic acids is 1. The predicted octanol–water partition coefficient (Wildman–Crippen LogP) is 2.88. The minimum atomic E-state index is -4.78. The lowest BCUT2D eigenvalue weighted by molar-refractivity contribution is -0.271. The van der Waals surface area contributed by atoms with E-state index >= 15 is 0 Å². The van der Waals surface area contributed by atoms with E-state index in [1.807, 2.05) is 0 Å². The molecule has 0 bridgehead atoms. The lowest BCUT2D eigenvalue weighted by Gasteiger charge is -2.40. The summed E-state index contributed by atoms with van der Waals surface area (Å²) in [6.45, 7) is -0.649. The molecule has 2 rings (SSSR count). The van der Waals surface area contributed by atoms with Crippen LogP contribution in [0.15, 0.2) is 18.2 Å². The van der Waals surface area contributed by atoms with Gasteiger partial charge in [0.1, 0.15) is 5.75 Å². The Kier molecular flexibility index (Phi) is 4.58. The lowest BCUT2D eigenvalue weighted by Crippen LogP contribution is -2.58. The first kappa shape index (κ1) is 16.9. The summed E-state index contributed by atoms with van der Waals surface area (Å²) in [5, 5.41) is 10.1. The monoisotopic (exact) mass is 337 g/mol. The van der Waals surface area contributed by atoms with Gasteiger partial charge in [0.05, 0.1) is 19.2 Å². The van der Waals surface area contributed by atoms with Crippen LogP contribution in [-0.2, 0) is 0 Å². The maximum absolute atomic E-state index is 12.9. The first-order chi connectivity index (χ1) is 10.2. The number of amides is 1. The molecule has 4 nitrogen and oxygen atoms in total. The topological polar surface area (TPSA) is 49.8 Å². The van der Waals surface area contributed by atoms with Gasteiger partial charge in [-0.3, -0.25) is 4.79 Å². The van der Waals surface area contributed by atoms with Gasteiger partial charge in [0.15, 0.2) is 5.60 Å². The van der Waals surface area contributed by atoms with Crippen molar-refractivity contribution in [3.8, 4) is 5.75 Å². The number of β-amino-alcohol motifs (C(OH)–C–C–N with tert-alkyl or cyclic N) is 1. The molecule has 0 unspecified atom stereocenters. The molecule has 0 saturated carbocycles. The summed E-state index contributed by atoms with van der Waals surface area (Å²) >= 11 is 5.80. The van der Waals surface area contributed by atoms with Crippen LogP contribution >= 0.6 is 11.6 Å². The Hall–Kier alpha value is -1.47. The van der Waals surface area contributed by atoms with E-state index in [-0.39, 0.29) is 24.3 Å². The number of piperidine rings is 1. The van der Waals surface area contributed by atoms with E-state index in [4.69, 9.17) is 16.3 Å². The molecule has 1 aromatic carbocycles. The summed E-state index contributed by atoms with van der Waals surface area (Å²) in [6, 6.07) is 4.26. The van der Waals surface area contributed by atoms with E-state index in [9.17, 15) is 23.1 Å². The van der Waals surface area contributed by atoms with E-state index < -0.39 is 30.7 Å². The van der Waals surface area contributed by atoms with Gasteiger partial charge in [-0.1, -0.05) is 11.6 Å². The zero-order valence-corrected chi connectivity index (χ0v) is 12.5. The maximum Gasteiger partial charge on any atom is 0.418 e. The molecule has 1 N–H and O–H groups in total. The molecule has 1 aliphatic rings. The Morgan fingerprint density at radius 2 is 2.14 bits per heavy atom. The molecule has 122 valence electrons. The van der Waals surface area contributed by atoms with Gasteiger partial charge in [-0.15, -0.1) is 0 Å². The fourth-order valence-corrected chi connectivity index (χ4v) is 2.62. The number of methoxy groups -OCH3 is 1. The van der Waals surface area contributed by atoms with Crippen LogP contribution in [0.3, 0.4) is 0 Å². The average molecular weight is 338 g/mol. The van der Waals surface area contributed by atoms with Crippen LogP contribution in [0.5, 0.6) is 5.75 Å². The van der Waals surface area contributed by atoms with Crippen molar-refractivity contribution < 1.29 is 27.8 Å². The standard InChI is InChI=1S/C14H15ClF3NO3/c1-22-11-7-9(15)3-4-10(11)12(20)19-6-2-5-13(21,8-19)14(16,17)18/h3-4,7,21H,2,5-6,8H2,1H3/t13-/m1/s1. The van der Waals surface area contributed by atoms with Crippen molar-refractivity contribution >= 4 is 17.5 Å². The van der Waals surface area contributed by atoms with Gasteiger partial charge in [0, 0.05) is 11.6 Å². The number of carbonyl (C=O) groups is 1. The molecule has 1 aliphatic heterocycles. The van der Waals surface area contributed by atoms with Crippen LogP contribution in [-0.4, -0.2) is 47.9 Å². The van der Waals surface area contributed by atoms with Gasteiger partial charge in [-0.05, 0) is 31.0 Å². The van der Waals surface area contributed by atoms with Crippen LogP contribution in [0, 0.1) is 0 Å². The number of hydrogen-bond donors (Lipinski definition) is 1. The fourth-order valence-electron chi connectivity index (χ4n) is 2.45. The number of rotatable bonds is 2. The van der Waals surface area contributed by atoms with E-state index in [0.717, 1.165) is 4.90 Å². The molecular formula is C14H15ClF3NO3. The second-order valence-electron chi connectivity index (χ2n) is 5.20. The van der Waals surface area contributed by atoms with Crippen LogP contribution in [0.25, 0.3) is 0 Å². The number of halogens is 4. The van der Waals surface area contributed by atoms with Crippen molar-refractivity contribution in [2.24, 2.45) is 0 Å². The molecule has 1 heterocycles. The van der Waals surface area contributed by atoms with Gasteiger partial charge in [0.25, 0.3) is 5.91 Å². The van der Waals surface area contributed by atoms with E-state index in [1.54, 1.807) is 0 Å². The minimum Gasteiger partial charge on any atom is -0.496 e. The first-order valence-corrected chi connectivity index (χ1v) is 6.98. The largest absolute Gasteiger partial charge is 0.496 e. The van der Waals surface area contributed by atoms with Crippen molar-refractivity contribution in [2.75, 3.05) is 20.2 Å². The molecule has 0 aromatic heterocycles. The summed E-state index contributed by atoms with van der Waals surface area (Å²) in [6.07, 6.45) is -5.13. The van der Waals surface area contributed by atoms with Crippen molar-refractivity contribution in [1.29, 1.82) is 0 Å². The summed E-state index contributed by atoms with van der Waals surface area (Å²) in [4.78, 5) is 13.4. The number of likely N-dealkylation sites (tertiary alicyclic amines) is 1. The highest BCUT2D eigenvalue weighted by Crippen LogP contribution is 2.38. The van der Waals surface area contributed by atoms with Crippen molar-refractivity contribution in [1.82, 2.24) is 4.90 Å². The van der Waals surface area contributed by atoms with Gasteiger partial charge in [-0.2, -0.15) is 13.2 Å². The quantitative estimate of drug-likeness (QED) is 0.902. The maximum atomic E-state index is 12.9. The Morgan fingerprint density at radius 1 is 1.45 bits per heavy atom. The average Bonchev–Trinajstić information content (AvgIpc) is 2.45. The smallest absolute Gasteiger partial charge is 0.418 e. The number of hydrogen-bond acceptors (Lipinski definition) is 3. The second-order valence-corrected chi connectivity index (χ2v) is 5.64. The van der Waals surface area contributed by atoms with Gasteiger partial charge < -0.3 is 14.7 Å². The Labute approximate surface area is 130 Å². The molecule has 8 heteroatoms. The first-order valence-electron chi connectivity index (χ1n) is 6.60. The SMILES string of the molecule is COc1cc(Cl)ccc1C(=O)N1CCC[C@](O)(C(F)(F)F)C1. The highest BCUT2D eigenvalue weighted by Gasteiger charge is 2.56. The Balaban J connectivity index is 2.27. The van der Waals surface area contributed by atoms with Crippen LogP contribution < -0.4 is 4.74 Å². The molecule has 0 radical (unpaired) electrons. The number of alkyl halides is 3. The van der Waals surface area contributed by atoms with Gasteiger partial charge >= 0.3 is 6.18 Å². The lowest BCUT2D eigenvalue weighted by atomic mass is 9.91. The fraction of sp³-hybridized carbons (Fsp3) is 0.500. The molecule has 1 aromatic rings. The zero-order chi connectivity index (χ0) is 16.5. The molecule has 1 fully saturated rings. The summed E-state index contributed by atoms with van der Waals surface area (Å²) in [7, 11) is 1.34. The van der Waals surface area contributed by atoms with Crippen LogP contribution in [0.4, 0.5) is 13.2 Å². The molecular weight excluding hydrogens is 323 g/mol. The molecule has 1 atom stereocenters. The Bertz CT molecular complexity index is 579. The molecule has 1 saturated heterocycles. The number of benzene rings is 1. The minimum absolute atomic E-state index is 0.0671. The predicted molar refractivity (Wildman–Crippen MR) is 74.1 cm³/mol. The van der Waals surface area contributed by atoms with E-state index in [0.29, 0.717) is 5.02 Å². The number of aliphatic hydroxyl groups is 1. The third-order valence-electron chi connectivity index (χ3n) is 3.68. The highest BCUT2D eigenvalue weighted by atomic mass is 35.5. The molecule has 0 spiro atoms. The van der Waals surface area contributed by atoms with Crippen molar-refractivity contribution in [3.63, 3.8) is 0 Å². The van der Waals surface area contributed by atoms with Crippen molar-refractivity contribution in [2.45, 2.75) is 24.6 Å². The van der Waals surface area contributed by atoms with Crippen molar-refractivity contribution in [3.05, 3.63) is 28.8 Å². The van der Waals surface area contributed by atoms with Crippen LogP contribution in [0.1, 0.15) is 23.2 Å². The highest BCUT2D eigenvalue weighted by molar-refractivity contribution is 6.30. The summed E-state index contributed by atoms with van der Waals surface area (Å²) < 4.78 is 43.8. The summed E-state index contributed by atoms with van der Waals surface area (Å²) in [5.74, 6) is -0.450. The molecule has 0 aliphatic carbocycles. The Morgan fingerprint density at radius 3 is 2.73 bits per heavy atom. The van der Waals surface area contributed by atoms with Gasteiger partial charge in [-0.25, -0.2) is 0 Å². The zero-order valence-electron chi connectivity index (χ0n) is 11.8. The second kappa shape index (κ2) is 5.96. The van der Waals surface area contributed by atoms with E-state index in [1.165, 1.54) is 25.3 Å². The third-order valence-corrected chi connectivity index (χ3v) is 3.91. The molecule has 22 heavy (non-hydrogen) atoms. The van der Waals surface area contributed by atoms with Gasteiger partial charge in [0.2, 0.25) is 0 Å². The molecule has 1 amide bonds. The third kappa shape index (κ3) is 3.15. The van der Waals surface area contributed by atoms with E-state index in [2.05, 4.69) is 0 Å². The van der Waals surface area contributed by atoms with Crippen LogP contribution in [0.2, 0.25) is 5.02 Å².